The van der Waals surface area contributed by atoms with Crippen LogP contribution in [0.4, 0.5) is 0 Å². The van der Waals surface area contributed by atoms with E-state index in [4.69, 9.17) is 4.74 Å². The van der Waals surface area contributed by atoms with Gasteiger partial charge in [0, 0.05) is 25.7 Å². The van der Waals surface area contributed by atoms with Crippen molar-refractivity contribution >= 4 is 0 Å². The van der Waals surface area contributed by atoms with Crippen LogP contribution in [0.5, 0.6) is 5.88 Å². The van der Waals surface area contributed by atoms with E-state index in [1.54, 1.807) is 4.68 Å². The molecule has 2 aromatic rings. The number of rotatable bonds is 6. The molecule has 1 aromatic carbocycles. The van der Waals surface area contributed by atoms with Crippen molar-refractivity contribution in [2.75, 3.05) is 0 Å². The number of aromatic nitrogens is 2. The Morgan fingerprint density at radius 3 is 2.40 bits per heavy atom. The highest BCUT2D eigenvalue weighted by Crippen LogP contribution is 2.14. The fraction of sp³-hybridized carbons (Fsp3) is 0.438. The molecule has 0 bridgehead atoms. The van der Waals surface area contributed by atoms with Crippen molar-refractivity contribution < 1.29 is 4.74 Å². The fourth-order valence-corrected chi connectivity index (χ4v) is 1.95. The molecule has 0 fully saturated rings. The molecule has 2 rings (SSSR count). The molecular formula is C16H23N3O. The zero-order valence-electron chi connectivity index (χ0n) is 12.7. The van der Waals surface area contributed by atoms with E-state index in [1.807, 2.05) is 20.0 Å². The van der Waals surface area contributed by atoms with Gasteiger partial charge in [-0.2, -0.15) is 5.10 Å². The molecule has 4 heteroatoms. The zero-order valence-corrected chi connectivity index (χ0v) is 12.7. The largest absolute Gasteiger partial charge is 0.473 e. The van der Waals surface area contributed by atoms with Crippen LogP contribution < -0.4 is 10.1 Å². The normalized spacial score (nSPS) is 11.1. The third-order valence-corrected chi connectivity index (χ3v) is 3.08. The first-order chi connectivity index (χ1) is 9.54. The molecule has 0 amide bonds. The Hall–Kier alpha value is -1.81. The molecular weight excluding hydrogens is 250 g/mol. The summed E-state index contributed by atoms with van der Waals surface area (Å²) < 4.78 is 7.53. The molecule has 0 spiro atoms. The van der Waals surface area contributed by atoms with Gasteiger partial charge in [0.1, 0.15) is 6.61 Å². The average molecular weight is 273 g/mol. The molecule has 1 N–H and O–H groups in total. The summed E-state index contributed by atoms with van der Waals surface area (Å²) >= 11 is 0. The van der Waals surface area contributed by atoms with Gasteiger partial charge in [0.2, 0.25) is 5.88 Å². The Morgan fingerprint density at radius 2 is 1.85 bits per heavy atom. The summed E-state index contributed by atoms with van der Waals surface area (Å²) in [6.45, 7) is 7.73. The lowest BCUT2D eigenvalue weighted by atomic mass is 10.1. The van der Waals surface area contributed by atoms with E-state index in [2.05, 4.69) is 48.5 Å². The summed E-state index contributed by atoms with van der Waals surface area (Å²) in [5.41, 5.74) is 3.42. The number of ether oxygens (including phenoxy) is 1. The van der Waals surface area contributed by atoms with Crippen LogP contribution in [0.2, 0.25) is 0 Å². The highest BCUT2D eigenvalue weighted by molar-refractivity contribution is 5.23. The van der Waals surface area contributed by atoms with E-state index in [0.717, 1.165) is 23.7 Å². The van der Waals surface area contributed by atoms with Gasteiger partial charge in [-0.05, 0) is 18.1 Å². The number of hydrogen-bond donors (Lipinski definition) is 1. The van der Waals surface area contributed by atoms with Crippen molar-refractivity contribution in [1.82, 2.24) is 15.1 Å². The molecule has 0 radical (unpaired) electrons. The predicted molar refractivity (Wildman–Crippen MR) is 80.7 cm³/mol. The smallest absolute Gasteiger partial charge is 0.212 e. The van der Waals surface area contributed by atoms with Gasteiger partial charge in [-0.3, -0.25) is 0 Å². The minimum absolute atomic E-state index is 0.506. The van der Waals surface area contributed by atoms with Crippen LogP contribution in [0.25, 0.3) is 0 Å². The van der Waals surface area contributed by atoms with E-state index < -0.39 is 0 Å². The highest BCUT2D eigenvalue weighted by atomic mass is 16.5. The van der Waals surface area contributed by atoms with Crippen molar-refractivity contribution in [2.24, 2.45) is 7.05 Å². The zero-order chi connectivity index (χ0) is 14.5. The minimum atomic E-state index is 0.506. The van der Waals surface area contributed by atoms with Crippen molar-refractivity contribution in [1.29, 1.82) is 0 Å². The molecule has 20 heavy (non-hydrogen) atoms. The Morgan fingerprint density at radius 1 is 1.20 bits per heavy atom. The summed E-state index contributed by atoms with van der Waals surface area (Å²) in [6, 6.07) is 11.0. The molecule has 108 valence electrons. The van der Waals surface area contributed by atoms with Crippen LogP contribution in [0.3, 0.4) is 0 Å². The van der Waals surface area contributed by atoms with Crippen LogP contribution in [-0.4, -0.2) is 15.8 Å². The van der Waals surface area contributed by atoms with E-state index >= 15 is 0 Å². The molecule has 0 aliphatic heterocycles. The van der Waals surface area contributed by atoms with E-state index in [9.17, 15) is 0 Å². The molecule has 0 aliphatic rings. The maximum absolute atomic E-state index is 5.77. The predicted octanol–water partition coefficient (Wildman–Crippen LogP) is 2.81. The molecule has 1 aromatic heterocycles. The lowest BCUT2D eigenvalue weighted by Gasteiger charge is -2.09. The Kier molecular flexibility index (Phi) is 4.79. The molecule has 0 aliphatic carbocycles. The van der Waals surface area contributed by atoms with Crippen LogP contribution in [0.1, 0.15) is 30.7 Å². The van der Waals surface area contributed by atoms with Crippen molar-refractivity contribution in [2.45, 2.75) is 40.0 Å². The maximum Gasteiger partial charge on any atom is 0.212 e. The molecule has 0 atom stereocenters. The topological polar surface area (TPSA) is 39.1 Å². The first-order valence-corrected chi connectivity index (χ1v) is 6.99. The fourth-order valence-electron chi connectivity index (χ4n) is 1.95. The molecule has 4 nitrogen and oxygen atoms in total. The Bertz CT molecular complexity index is 543. The van der Waals surface area contributed by atoms with E-state index in [-0.39, 0.29) is 0 Å². The second kappa shape index (κ2) is 6.57. The third-order valence-electron chi connectivity index (χ3n) is 3.08. The highest BCUT2D eigenvalue weighted by Gasteiger charge is 2.03. The number of nitrogens with one attached hydrogen (secondary N) is 1. The van der Waals surface area contributed by atoms with Crippen molar-refractivity contribution in [3.05, 3.63) is 47.2 Å². The van der Waals surface area contributed by atoms with Gasteiger partial charge >= 0.3 is 0 Å². The average Bonchev–Trinajstić information content (AvgIpc) is 2.73. The number of nitrogens with zero attached hydrogens (tertiary/aromatic N) is 2. The first kappa shape index (κ1) is 14.6. The van der Waals surface area contributed by atoms with Crippen LogP contribution in [0.15, 0.2) is 30.3 Å². The number of hydrogen-bond acceptors (Lipinski definition) is 3. The lowest BCUT2D eigenvalue weighted by molar-refractivity contribution is 0.279. The van der Waals surface area contributed by atoms with Gasteiger partial charge in [0.05, 0.1) is 5.69 Å². The van der Waals surface area contributed by atoms with E-state index in [1.165, 1.54) is 5.56 Å². The minimum Gasteiger partial charge on any atom is -0.473 e. The third kappa shape index (κ3) is 4.10. The van der Waals surface area contributed by atoms with Gasteiger partial charge in [-0.25, -0.2) is 4.68 Å². The monoisotopic (exact) mass is 273 g/mol. The number of benzene rings is 1. The van der Waals surface area contributed by atoms with Crippen LogP contribution in [-0.2, 0) is 20.2 Å². The lowest BCUT2D eigenvalue weighted by Crippen LogP contribution is -2.21. The van der Waals surface area contributed by atoms with Gasteiger partial charge in [-0.1, -0.05) is 38.1 Å². The summed E-state index contributed by atoms with van der Waals surface area (Å²) in [5.74, 6) is 0.799. The Balaban J connectivity index is 1.89. The second-order valence-corrected chi connectivity index (χ2v) is 5.39. The molecule has 0 saturated carbocycles. The SMILES string of the molecule is Cc1cc(OCc2ccc(CNC(C)C)cc2)n(C)n1. The number of aryl methyl sites for hydroxylation is 2. The Labute approximate surface area is 120 Å². The molecule has 0 saturated heterocycles. The van der Waals surface area contributed by atoms with Gasteiger partial charge in [0.15, 0.2) is 0 Å². The quantitative estimate of drug-likeness (QED) is 0.879. The van der Waals surface area contributed by atoms with Gasteiger partial charge < -0.3 is 10.1 Å². The van der Waals surface area contributed by atoms with Gasteiger partial charge in [-0.15, -0.1) is 0 Å². The van der Waals surface area contributed by atoms with Gasteiger partial charge in [0.25, 0.3) is 0 Å². The van der Waals surface area contributed by atoms with E-state index in [0.29, 0.717) is 12.6 Å². The summed E-state index contributed by atoms with van der Waals surface area (Å²) in [5, 5.41) is 7.67. The maximum atomic E-state index is 5.77. The van der Waals surface area contributed by atoms with Crippen LogP contribution in [0, 0.1) is 6.92 Å². The van der Waals surface area contributed by atoms with Crippen LogP contribution >= 0.6 is 0 Å². The first-order valence-electron chi connectivity index (χ1n) is 6.99. The standard InChI is InChI=1S/C16H23N3O/c1-12(2)17-10-14-5-7-15(8-6-14)11-20-16-9-13(3)18-19(16)4/h5-9,12,17H,10-11H2,1-4H3. The summed E-state index contributed by atoms with van der Waals surface area (Å²) in [7, 11) is 1.89. The molecule has 1 heterocycles. The van der Waals surface area contributed by atoms with Crippen molar-refractivity contribution in [3.63, 3.8) is 0 Å². The molecule has 0 unspecified atom stereocenters. The summed E-state index contributed by atoms with van der Waals surface area (Å²) in [4.78, 5) is 0. The summed E-state index contributed by atoms with van der Waals surface area (Å²) in [6.07, 6.45) is 0. The second-order valence-electron chi connectivity index (χ2n) is 5.39. The van der Waals surface area contributed by atoms with Crippen molar-refractivity contribution in [3.8, 4) is 5.88 Å².